The molecule has 1 unspecified atom stereocenters. The van der Waals surface area contributed by atoms with Gasteiger partial charge in [0.25, 0.3) is 5.56 Å². The first-order chi connectivity index (χ1) is 17.7. The number of ether oxygens (including phenoxy) is 3. The van der Waals surface area contributed by atoms with Crippen molar-refractivity contribution in [3.8, 4) is 11.5 Å². The molecule has 3 aromatic rings. The van der Waals surface area contributed by atoms with Crippen molar-refractivity contribution in [1.82, 2.24) is 4.57 Å². The third kappa shape index (κ3) is 5.52. The highest BCUT2D eigenvalue weighted by atomic mass is 35.5. The van der Waals surface area contributed by atoms with Crippen LogP contribution in [-0.2, 0) is 14.3 Å². The van der Waals surface area contributed by atoms with Crippen molar-refractivity contribution < 1.29 is 23.8 Å². The first-order valence-corrected chi connectivity index (χ1v) is 12.8. The summed E-state index contributed by atoms with van der Waals surface area (Å²) in [5.41, 5.74) is 1.86. The number of fused-ring (bicyclic) bond motifs is 1. The van der Waals surface area contributed by atoms with Gasteiger partial charge in [0.1, 0.15) is 0 Å². The highest BCUT2D eigenvalue weighted by molar-refractivity contribution is 7.07. The average molecular weight is 541 g/mol. The Bertz CT molecular complexity index is 1570. The van der Waals surface area contributed by atoms with Gasteiger partial charge in [-0.25, -0.2) is 9.79 Å². The zero-order valence-electron chi connectivity index (χ0n) is 20.7. The number of rotatable bonds is 7. The molecule has 1 aliphatic heterocycles. The first-order valence-electron chi connectivity index (χ1n) is 11.6. The van der Waals surface area contributed by atoms with Crippen LogP contribution in [0.5, 0.6) is 11.5 Å². The highest BCUT2D eigenvalue weighted by Gasteiger charge is 2.33. The zero-order chi connectivity index (χ0) is 26.7. The molecule has 4 rings (SSSR count). The third-order valence-corrected chi connectivity index (χ3v) is 6.76. The van der Waals surface area contributed by atoms with E-state index in [2.05, 4.69) is 4.99 Å². The van der Waals surface area contributed by atoms with Crippen LogP contribution in [0.3, 0.4) is 0 Å². The van der Waals surface area contributed by atoms with Gasteiger partial charge in [-0.15, -0.1) is 0 Å². The number of carbonyl (C=O) groups excluding carboxylic acids is 2. The van der Waals surface area contributed by atoms with Crippen molar-refractivity contribution in [2.75, 3.05) is 13.2 Å². The molecule has 1 aliphatic rings. The molecule has 0 amide bonds. The van der Waals surface area contributed by atoms with Crippen LogP contribution in [0.2, 0.25) is 5.02 Å². The smallest absolute Gasteiger partial charge is 0.338 e. The molecule has 0 saturated heterocycles. The first kappa shape index (κ1) is 26.4. The molecule has 37 heavy (non-hydrogen) atoms. The maximum Gasteiger partial charge on any atom is 0.338 e. The lowest BCUT2D eigenvalue weighted by Crippen LogP contribution is -2.39. The summed E-state index contributed by atoms with van der Waals surface area (Å²) in [5, 5.41) is 0.539. The molecule has 1 aromatic heterocycles. The molecule has 0 fully saturated rings. The zero-order valence-corrected chi connectivity index (χ0v) is 22.3. The van der Waals surface area contributed by atoms with Crippen LogP contribution in [0.25, 0.3) is 6.08 Å². The number of benzene rings is 2. The summed E-state index contributed by atoms with van der Waals surface area (Å²) in [6.45, 7) is 7.16. The van der Waals surface area contributed by atoms with Crippen molar-refractivity contribution in [2.24, 2.45) is 4.99 Å². The lowest BCUT2D eigenvalue weighted by molar-refractivity contribution is -0.139. The van der Waals surface area contributed by atoms with E-state index in [1.807, 2.05) is 6.92 Å². The second-order valence-corrected chi connectivity index (χ2v) is 9.53. The van der Waals surface area contributed by atoms with Gasteiger partial charge in [0, 0.05) is 11.9 Å². The topological polar surface area (TPSA) is 96.2 Å². The Morgan fingerprint density at radius 1 is 1.11 bits per heavy atom. The Labute approximate surface area is 222 Å². The van der Waals surface area contributed by atoms with E-state index >= 15 is 0 Å². The summed E-state index contributed by atoms with van der Waals surface area (Å²) < 4.78 is 18.1. The number of allylic oxidation sites excluding steroid dienone is 1. The Hall–Kier alpha value is -3.69. The van der Waals surface area contributed by atoms with E-state index in [0.29, 0.717) is 54.9 Å². The minimum atomic E-state index is -0.722. The maximum atomic E-state index is 13.7. The van der Waals surface area contributed by atoms with Gasteiger partial charge >= 0.3 is 11.9 Å². The number of hydrogen-bond acceptors (Lipinski definition) is 8. The number of aromatic nitrogens is 1. The Balaban J connectivity index is 1.88. The fraction of sp³-hybridized carbons (Fsp3) is 0.259. The molecule has 0 spiro atoms. The molecule has 192 valence electrons. The van der Waals surface area contributed by atoms with Crippen molar-refractivity contribution >= 4 is 41.0 Å². The van der Waals surface area contributed by atoms with E-state index in [-0.39, 0.29) is 12.2 Å². The molecule has 0 N–H and O–H groups in total. The fourth-order valence-electron chi connectivity index (χ4n) is 4.03. The molecular formula is C27H25ClN2O6S. The quantitative estimate of drug-likeness (QED) is 0.334. The van der Waals surface area contributed by atoms with Gasteiger partial charge in [-0.3, -0.25) is 14.2 Å². The number of thiazole rings is 1. The fourth-order valence-corrected chi connectivity index (χ4v) is 5.20. The highest BCUT2D eigenvalue weighted by Crippen LogP contribution is 2.32. The van der Waals surface area contributed by atoms with Crippen LogP contribution < -0.4 is 24.4 Å². The van der Waals surface area contributed by atoms with Gasteiger partial charge in [0.2, 0.25) is 0 Å². The molecule has 0 aliphatic carbocycles. The van der Waals surface area contributed by atoms with E-state index in [1.165, 1.54) is 22.8 Å². The summed E-state index contributed by atoms with van der Waals surface area (Å²) in [4.78, 5) is 43.1. The molecule has 2 aromatic carbocycles. The summed E-state index contributed by atoms with van der Waals surface area (Å²) in [6, 6.07) is 11.3. The van der Waals surface area contributed by atoms with E-state index in [4.69, 9.17) is 25.8 Å². The minimum absolute atomic E-state index is 0.193. The van der Waals surface area contributed by atoms with Gasteiger partial charge < -0.3 is 14.2 Å². The van der Waals surface area contributed by atoms with Crippen LogP contribution in [0.15, 0.2) is 63.5 Å². The number of hydrogen-bond donors (Lipinski definition) is 0. The summed E-state index contributed by atoms with van der Waals surface area (Å²) in [6.07, 6.45) is 1.71. The van der Waals surface area contributed by atoms with Gasteiger partial charge in [0.15, 0.2) is 16.3 Å². The molecular weight excluding hydrogens is 516 g/mol. The average Bonchev–Trinajstić information content (AvgIpc) is 3.14. The van der Waals surface area contributed by atoms with Gasteiger partial charge in [-0.1, -0.05) is 41.1 Å². The van der Waals surface area contributed by atoms with Crippen molar-refractivity contribution in [3.63, 3.8) is 0 Å². The molecule has 0 saturated carbocycles. The molecule has 0 bridgehead atoms. The van der Waals surface area contributed by atoms with E-state index in [9.17, 15) is 14.4 Å². The normalized spacial score (nSPS) is 15.2. The summed E-state index contributed by atoms with van der Waals surface area (Å²) in [5.74, 6) is -0.304. The monoisotopic (exact) mass is 540 g/mol. The van der Waals surface area contributed by atoms with Crippen LogP contribution in [0.1, 0.15) is 44.9 Å². The molecule has 8 nitrogen and oxygen atoms in total. The van der Waals surface area contributed by atoms with Crippen LogP contribution in [0, 0.1) is 0 Å². The number of carbonyl (C=O) groups is 2. The van der Waals surface area contributed by atoms with Gasteiger partial charge in [-0.05, 0) is 62.2 Å². The van der Waals surface area contributed by atoms with E-state index in [0.717, 1.165) is 0 Å². The standard InChI is InChI=1S/C27H25ClN2O6S/c1-5-34-21-13-17(7-12-20(21)36-16(4)31)14-22-25(32)30-24(18-8-10-19(28)11-9-18)23(26(33)35-6-2)15(3)29-27(30)37-22/h7-14,24H,5-6H2,1-4H3/b22-14+. The summed E-state index contributed by atoms with van der Waals surface area (Å²) in [7, 11) is 0. The lowest BCUT2D eigenvalue weighted by atomic mass is 9.96. The van der Waals surface area contributed by atoms with Crippen LogP contribution >= 0.6 is 22.9 Å². The number of esters is 2. The lowest BCUT2D eigenvalue weighted by Gasteiger charge is -2.24. The molecule has 2 heterocycles. The maximum absolute atomic E-state index is 13.7. The van der Waals surface area contributed by atoms with Crippen molar-refractivity contribution in [2.45, 2.75) is 33.7 Å². The predicted molar refractivity (Wildman–Crippen MR) is 141 cm³/mol. The summed E-state index contributed by atoms with van der Waals surface area (Å²) >= 11 is 7.31. The van der Waals surface area contributed by atoms with Crippen molar-refractivity contribution in [3.05, 3.63) is 89.6 Å². The SMILES string of the molecule is CCOC(=O)C1=C(C)N=c2s/c(=C/c3ccc(OC(C)=O)c(OCC)c3)c(=O)n2C1c1ccc(Cl)cc1. The Kier molecular flexibility index (Phi) is 7.94. The number of nitrogens with zero attached hydrogens (tertiary/aromatic N) is 2. The van der Waals surface area contributed by atoms with Gasteiger partial charge in [-0.2, -0.15) is 0 Å². The van der Waals surface area contributed by atoms with Crippen LogP contribution in [0.4, 0.5) is 0 Å². The molecule has 10 heteroatoms. The Morgan fingerprint density at radius 3 is 2.49 bits per heavy atom. The third-order valence-electron chi connectivity index (χ3n) is 5.52. The largest absolute Gasteiger partial charge is 0.490 e. The Morgan fingerprint density at radius 2 is 1.84 bits per heavy atom. The van der Waals surface area contributed by atoms with E-state index in [1.54, 1.807) is 62.4 Å². The molecule has 1 atom stereocenters. The minimum Gasteiger partial charge on any atom is -0.490 e. The predicted octanol–water partition coefficient (Wildman–Crippen LogP) is 3.78. The number of halogens is 1. The van der Waals surface area contributed by atoms with Crippen molar-refractivity contribution in [1.29, 1.82) is 0 Å². The second kappa shape index (κ2) is 11.1. The molecule has 0 radical (unpaired) electrons. The van der Waals surface area contributed by atoms with Crippen LogP contribution in [-0.4, -0.2) is 29.7 Å². The van der Waals surface area contributed by atoms with Gasteiger partial charge in [0.05, 0.1) is 35.1 Å². The second-order valence-electron chi connectivity index (χ2n) is 8.09. The van der Waals surface area contributed by atoms with E-state index < -0.39 is 18.0 Å².